The minimum absolute atomic E-state index is 0.0391. The van der Waals surface area contributed by atoms with Crippen molar-refractivity contribution in [2.75, 3.05) is 18.5 Å². The standard InChI is InChI=1S/C20H21ClN2O4S/c21-15-10-16-17(27-12-19(24)23-16)11-18(15)28(25,26)22-13-20(8-4-5-9-20)14-6-2-1-3-7-14/h1-3,6-7,10-11,22H,4-5,8-9,12-13H2,(H,23,24). The van der Waals surface area contributed by atoms with E-state index in [1.54, 1.807) is 0 Å². The molecule has 0 radical (unpaired) electrons. The van der Waals surface area contributed by atoms with E-state index in [-0.39, 0.29) is 27.8 Å². The molecule has 0 unspecified atom stereocenters. The summed E-state index contributed by atoms with van der Waals surface area (Å²) in [5.74, 6) is -0.00801. The average molecular weight is 421 g/mol. The van der Waals surface area contributed by atoms with Crippen molar-refractivity contribution in [2.45, 2.75) is 36.0 Å². The van der Waals surface area contributed by atoms with Crippen LogP contribution >= 0.6 is 11.6 Å². The topological polar surface area (TPSA) is 84.5 Å². The van der Waals surface area contributed by atoms with Gasteiger partial charge in [0.15, 0.2) is 6.61 Å². The first kappa shape index (κ1) is 19.2. The van der Waals surface area contributed by atoms with E-state index in [2.05, 4.69) is 22.2 Å². The molecule has 2 aromatic carbocycles. The molecule has 6 nitrogen and oxygen atoms in total. The van der Waals surface area contributed by atoms with Gasteiger partial charge in [-0.1, -0.05) is 54.8 Å². The highest BCUT2D eigenvalue weighted by Crippen LogP contribution is 2.41. The quantitative estimate of drug-likeness (QED) is 0.775. The number of fused-ring (bicyclic) bond motifs is 1. The monoisotopic (exact) mass is 420 g/mol. The number of nitrogens with one attached hydrogen (secondary N) is 2. The highest BCUT2D eigenvalue weighted by atomic mass is 35.5. The first-order chi connectivity index (χ1) is 13.4. The molecule has 2 aromatic rings. The normalized spacial score (nSPS) is 18.2. The van der Waals surface area contributed by atoms with Crippen LogP contribution in [0.1, 0.15) is 31.2 Å². The average Bonchev–Trinajstić information content (AvgIpc) is 3.17. The number of rotatable bonds is 5. The van der Waals surface area contributed by atoms with Crippen LogP contribution < -0.4 is 14.8 Å². The van der Waals surface area contributed by atoms with Gasteiger partial charge in [-0.25, -0.2) is 13.1 Å². The van der Waals surface area contributed by atoms with Gasteiger partial charge in [-0.3, -0.25) is 4.79 Å². The zero-order chi connectivity index (χ0) is 19.8. The van der Waals surface area contributed by atoms with Gasteiger partial charge in [0.2, 0.25) is 10.0 Å². The fraction of sp³-hybridized carbons (Fsp3) is 0.350. The largest absolute Gasteiger partial charge is 0.482 e. The molecule has 1 amide bonds. The number of hydrogen-bond acceptors (Lipinski definition) is 4. The lowest BCUT2D eigenvalue weighted by Crippen LogP contribution is -2.39. The Morgan fingerprint density at radius 2 is 1.86 bits per heavy atom. The molecule has 1 saturated carbocycles. The molecule has 2 aliphatic rings. The number of halogens is 1. The molecule has 1 heterocycles. The Balaban J connectivity index is 1.60. The first-order valence-corrected chi connectivity index (χ1v) is 11.1. The second-order valence-electron chi connectivity index (χ2n) is 7.29. The van der Waals surface area contributed by atoms with Crippen LogP contribution in [0.15, 0.2) is 47.4 Å². The number of hydrogen-bond donors (Lipinski definition) is 2. The van der Waals surface area contributed by atoms with Gasteiger partial charge >= 0.3 is 0 Å². The van der Waals surface area contributed by atoms with E-state index < -0.39 is 10.0 Å². The number of ether oxygens (including phenoxy) is 1. The van der Waals surface area contributed by atoms with E-state index in [0.29, 0.717) is 18.0 Å². The van der Waals surface area contributed by atoms with Gasteiger partial charge in [-0.05, 0) is 24.5 Å². The smallest absolute Gasteiger partial charge is 0.262 e. The lowest BCUT2D eigenvalue weighted by molar-refractivity contribution is -0.118. The van der Waals surface area contributed by atoms with Gasteiger partial charge < -0.3 is 10.1 Å². The van der Waals surface area contributed by atoms with E-state index in [4.69, 9.17) is 16.3 Å². The van der Waals surface area contributed by atoms with Crippen molar-refractivity contribution in [1.82, 2.24) is 4.72 Å². The molecule has 0 aromatic heterocycles. The molecule has 4 rings (SSSR count). The number of carbonyl (C=O) groups excluding carboxylic acids is 1. The van der Waals surface area contributed by atoms with Crippen LogP contribution in [0.25, 0.3) is 0 Å². The predicted molar refractivity (Wildman–Crippen MR) is 107 cm³/mol. The maximum Gasteiger partial charge on any atom is 0.262 e. The number of benzene rings is 2. The van der Waals surface area contributed by atoms with Crippen molar-refractivity contribution in [2.24, 2.45) is 0 Å². The van der Waals surface area contributed by atoms with E-state index in [0.717, 1.165) is 31.2 Å². The van der Waals surface area contributed by atoms with Gasteiger partial charge in [0.25, 0.3) is 5.91 Å². The van der Waals surface area contributed by atoms with E-state index >= 15 is 0 Å². The summed E-state index contributed by atoms with van der Waals surface area (Å²) in [7, 11) is -3.85. The molecule has 148 valence electrons. The second kappa shape index (κ2) is 7.39. The van der Waals surface area contributed by atoms with Crippen LogP contribution in [0.2, 0.25) is 5.02 Å². The molecule has 1 aliphatic carbocycles. The van der Waals surface area contributed by atoms with Gasteiger partial charge in [-0.2, -0.15) is 0 Å². The van der Waals surface area contributed by atoms with Gasteiger partial charge in [-0.15, -0.1) is 0 Å². The Morgan fingerprint density at radius 1 is 1.14 bits per heavy atom. The SMILES string of the molecule is O=C1COc2cc(S(=O)(=O)NCC3(c4ccccc4)CCCC3)c(Cl)cc2N1. The molecule has 0 bridgehead atoms. The first-order valence-electron chi connectivity index (χ1n) is 9.21. The van der Waals surface area contributed by atoms with Crippen LogP contribution in [0.3, 0.4) is 0 Å². The Kier molecular flexibility index (Phi) is 5.07. The molecule has 1 fully saturated rings. The van der Waals surface area contributed by atoms with Crippen LogP contribution in [-0.2, 0) is 20.2 Å². The molecule has 8 heteroatoms. The summed E-state index contributed by atoms with van der Waals surface area (Å²) in [6.45, 7) is 0.156. The third kappa shape index (κ3) is 3.62. The maximum atomic E-state index is 13.0. The number of sulfonamides is 1. The molecular weight excluding hydrogens is 400 g/mol. The summed E-state index contributed by atoms with van der Waals surface area (Å²) in [4.78, 5) is 11.4. The molecule has 0 saturated heterocycles. The third-order valence-corrected chi connectivity index (χ3v) is 7.37. The molecular formula is C20H21ClN2O4S. The van der Waals surface area contributed by atoms with Crippen LogP contribution in [0, 0.1) is 0 Å². The third-order valence-electron chi connectivity index (χ3n) is 5.50. The van der Waals surface area contributed by atoms with Crippen molar-refractivity contribution in [3.05, 3.63) is 53.1 Å². The second-order valence-corrected chi connectivity index (χ2v) is 9.44. The lowest BCUT2D eigenvalue weighted by Gasteiger charge is -2.30. The van der Waals surface area contributed by atoms with E-state index in [1.165, 1.54) is 12.1 Å². The van der Waals surface area contributed by atoms with Gasteiger partial charge in [0, 0.05) is 18.0 Å². The van der Waals surface area contributed by atoms with Crippen molar-refractivity contribution < 1.29 is 17.9 Å². The number of carbonyl (C=O) groups is 1. The van der Waals surface area contributed by atoms with Gasteiger partial charge in [0.05, 0.1) is 10.7 Å². The Hall–Kier alpha value is -2.09. The lowest BCUT2D eigenvalue weighted by atomic mass is 9.79. The summed E-state index contributed by atoms with van der Waals surface area (Å²) >= 11 is 6.21. The predicted octanol–water partition coefficient (Wildman–Crippen LogP) is 3.46. The van der Waals surface area contributed by atoms with Crippen molar-refractivity contribution in [1.29, 1.82) is 0 Å². The van der Waals surface area contributed by atoms with Gasteiger partial charge in [0.1, 0.15) is 10.6 Å². The summed E-state index contributed by atoms with van der Waals surface area (Å²) in [5, 5.41) is 2.66. The molecule has 28 heavy (non-hydrogen) atoms. The molecule has 2 N–H and O–H groups in total. The van der Waals surface area contributed by atoms with Crippen LogP contribution in [-0.4, -0.2) is 27.5 Å². The van der Waals surface area contributed by atoms with Crippen LogP contribution in [0.4, 0.5) is 5.69 Å². The minimum Gasteiger partial charge on any atom is -0.482 e. The van der Waals surface area contributed by atoms with E-state index in [9.17, 15) is 13.2 Å². The summed E-state index contributed by atoms with van der Waals surface area (Å²) in [6.07, 6.45) is 4.02. The van der Waals surface area contributed by atoms with Crippen molar-refractivity contribution >= 4 is 33.2 Å². The highest BCUT2D eigenvalue weighted by molar-refractivity contribution is 7.89. The van der Waals surface area contributed by atoms with Crippen LogP contribution in [0.5, 0.6) is 5.75 Å². The highest BCUT2D eigenvalue weighted by Gasteiger charge is 2.37. The zero-order valence-electron chi connectivity index (χ0n) is 15.2. The Labute approximate surface area is 169 Å². The minimum atomic E-state index is -3.85. The fourth-order valence-electron chi connectivity index (χ4n) is 4.01. The zero-order valence-corrected chi connectivity index (χ0v) is 16.8. The molecule has 0 atom stereocenters. The number of amides is 1. The summed E-state index contributed by atoms with van der Waals surface area (Å²) < 4.78 is 34.1. The summed E-state index contributed by atoms with van der Waals surface area (Å²) in [6, 6.07) is 12.8. The van der Waals surface area contributed by atoms with E-state index in [1.807, 2.05) is 18.2 Å². The molecule has 0 spiro atoms. The Morgan fingerprint density at radius 3 is 2.57 bits per heavy atom. The Bertz CT molecular complexity index is 1000. The number of anilines is 1. The molecule has 1 aliphatic heterocycles. The van der Waals surface area contributed by atoms with Crippen molar-refractivity contribution in [3.63, 3.8) is 0 Å². The fourth-order valence-corrected chi connectivity index (χ4v) is 5.68. The maximum absolute atomic E-state index is 13.0. The summed E-state index contributed by atoms with van der Waals surface area (Å²) in [5.41, 5.74) is 1.31. The van der Waals surface area contributed by atoms with Crippen molar-refractivity contribution in [3.8, 4) is 5.75 Å².